The number of aromatic nitrogens is 2. The molecule has 1 saturated heterocycles. The third-order valence-corrected chi connectivity index (χ3v) is 4.10. The summed E-state index contributed by atoms with van der Waals surface area (Å²) in [7, 11) is 0. The molecule has 2 heterocycles. The van der Waals surface area contributed by atoms with Gasteiger partial charge in [0.2, 0.25) is 5.89 Å². The molecule has 1 aliphatic rings. The number of piperidine rings is 1. The Morgan fingerprint density at radius 2 is 2.29 bits per heavy atom. The van der Waals surface area contributed by atoms with Gasteiger partial charge in [-0.1, -0.05) is 25.9 Å². The summed E-state index contributed by atoms with van der Waals surface area (Å²) in [6.45, 7) is 8.57. The summed E-state index contributed by atoms with van der Waals surface area (Å²) < 4.78 is 5.52. The molecule has 0 radical (unpaired) electrons. The number of rotatable bonds is 4. The normalized spacial score (nSPS) is 27.0. The van der Waals surface area contributed by atoms with Gasteiger partial charge in [-0.25, -0.2) is 0 Å². The second-order valence-electron chi connectivity index (χ2n) is 5.18. The van der Waals surface area contributed by atoms with Crippen molar-refractivity contribution in [3.8, 4) is 0 Å². The van der Waals surface area contributed by atoms with Crippen molar-refractivity contribution >= 4 is 0 Å². The summed E-state index contributed by atoms with van der Waals surface area (Å²) >= 11 is 0. The third-order valence-electron chi connectivity index (χ3n) is 4.10. The molecule has 0 bridgehead atoms. The van der Waals surface area contributed by atoms with E-state index in [4.69, 9.17) is 4.52 Å². The van der Waals surface area contributed by atoms with Crippen LogP contribution in [0.4, 0.5) is 0 Å². The zero-order valence-electron chi connectivity index (χ0n) is 11.1. The summed E-state index contributed by atoms with van der Waals surface area (Å²) in [5, 5.41) is 7.59. The molecule has 0 saturated carbocycles. The summed E-state index contributed by atoms with van der Waals surface area (Å²) in [5.41, 5.74) is 0.0664. The Morgan fingerprint density at radius 3 is 2.88 bits per heavy atom. The highest BCUT2D eigenvalue weighted by molar-refractivity contribution is 5.09. The van der Waals surface area contributed by atoms with Crippen LogP contribution in [-0.2, 0) is 5.41 Å². The Morgan fingerprint density at radius 1 is 1.47 bits per heavy atom. The van der Waals surface area contributed by atoms with Gasteiger partial charge in [-0.15, -0.1) is 0 Å². The van der Waals surface area contributed by atoms with Crippen LogP contribution in [0.15, 0.2) is 4.52 Å². The molecule has 17 heavy (non-hydrogen) atoms. The monoisotopic (exact) mass is 237 g/mol. The topological polar surface area (TPSA) is 51.0 Å². The number of nitrogens with one attached hydrogen (secondary N) is 1. The predicted octanol–water partition coefficient (Wildman–Crippen LogP) is 2.61. The maximum atomic E-state index is 5.52. The van der Waals surface area contributed by atoms with Crippen LogP contribution >= 0.6 is 0 Å². The summed E-state index contributed by atoms with van der Waals surface area (Å²) in [6, 6.07) is 0. The van der Waals surface area contributed by atoms with E-state index in [1.54, 1.807) is 0 Å². The van der Waals surface area contributed by atoms with Gasteiger partial charge in [-0.05, 0) is 32.2 Å². The minimum absolute atomic E-state index is 0.0664. The van der Waals surface area contributed by atoms with Gasteiger partial charge in [0, 0.05) is 12.5 Å². The second kappa shape index (κ2) is 5.17. The lowest BCUT2D eigenvalue weighted by molar-refractivity contribution is 0.220. The molecule has 1 aromatic rings. The lowest BCUT2D eigenvalue weighted by Crippen LogP contribution is -2.43. The van der Waals surface area contributed by atoms with Crippen molar-refractivity contribution in [2.45, 2.75) is 57.8 Å². The number of nitrogens with zero attached hydrogens (tertiary/aromatic N) is 2. The fraction of sp³-hybridized carbons (Fsp3) is 0.846. The van der Waals surface area contributed by atoms with Gasteiger partial charge >= 0.3 is 0 Å². The number of hydrogen-bond donors (Lipinski definition) is 1. The minimum atomic E-state index is 0.0664. The fourth-order valence-corrected chi connectivity index (χ4v) is 2.44. The Bertz CT molecular complexity index is 355. The van der Waals surface area contributed by atoms with E-state index in [9.17, 15) is 0 Å². The smallest absolute Gasteiger partial charge is 0.234 e. The fourth-order valence-electron chi connectivity index (χ4n) is 2.44. The second-order valence-corrected chi connectivity index (χ2v) is 5.18. The molecular weight excluding hydrogens is 214 g/mol. The van der Waals surface area contributed by atoms with Gasteiger partial charge in [0.05, 0.1) is 5.41 Å². The van der Waals surface area contributed by atoms with E-state index in [0.29, 0.717) is 5.92 Å². The highest BCUT2D eigenvalue weighted by atomic mass is 16.5. The molecule has 4 heteroatoms. The van der Waals surface area contributed by atoms with E-state index in [0.717, 1.165) is 44.1 Å². The highest BCUT2D eigenvalue weighted by Crippen LogP contribution is 2.34. The van der Waals surface area contributed by atoms with Crippen LogP contribution in [0.1, 0.15) is 64.1 Å². The Kier molecular flexibility index (Phi) is 3.82. The summed E-state index contributed by atoms with van der Waals surface area (Å²) in [5.74, 6) is 2.08. The molecule has 0 amide bonds. The number of hydrogen-bond acceptors (Lipinski definition) is 4. The van der Waals surface area contributed by atoms with Crippen molar-refractivity contribution in [3.63, 3.8) is 0 Å². The van der Waals surface area contributed by atoms with Crippen molar-refractivity contribution in [3.05, 3.63) is 11.7 Å². The van der Waals surface area contributed by atoms with E-state index >= 15 is 0 Å². The first kappa shape index (κ1) is 12.6. The lowest BCUT2D eigenvalue weighted by Gasteiger charge is -2.33. The van der Waals surface area contributed by atoms with Gasteiger partial charge in [0.15, 0.2) is 5.82 Å². The average molecular weight is 237 g/mol. The molecule has 0 aliphatic carbocycles. The zero-order valence-corrected chi connectivity index (χ0v) is 11.1. The summed E-state index contributed by atoms with van der Waals surface area (Å²) in [6.07, 6.45) is 4.45. The Balaban J connectivity index is 2.22. The molecule has 1 fully saturated rings. The Hall–Kier alpha value is -0.900. The molecule has 0 aromatic carbocycles. The average Bonchev–Trinajstić information content (AvgIpc) is 2.88. The van der Waals surface area contributed by atoms with Crippen LogP contribution in [0, 0.1) is 0 Å². The van der Waals surface area contributed by atoms with Crippen molar-refractivity contribution < 1.29 is 4.52 Å². The molecule has 2 atom stereocenters. The van der Waals surface area contributed by atoms with Crippen LogP contribution in [0.25, 0.3) is 0 Å². The van der Waals surface area contributed by atoms with Gasteiger partial charge in [0.1, 0.15) is 0 Å². The molecule has 2 unspecified atom stereocenters. The first-order valence-corrected chi connectivity index (χ1v) is 6.76. The first-order valence-electron chi connectivity index (χ1n) is 6.76. The van der Waals surface area contributed by atoms with Crippen LogP contribution < -0.4 is 5.32 Å². The molecule has 1 aromatic heterocycles. The Labute approximate surface area is 103 Å². The molecule has 0 spiro atoms. The van der Waals surface area contributed by atoms with Crippen LogP contribution in [0.5, 0.6) is 0 Å². The van der Waals surface area contributed by atoms with E-state index in [-0.39, 0.29) is 5.41 Å². The van der Waals surface area contributed by atoms with Crippen molar-refractivity contribution in [1.29, 1.82) is 0 Å². The molecule has 2 rings (SSSR count). The van der Waals surface area contributed by atoms with E-state index in [1.807, 2.05) is 0 Å². The lowest BCUT2D eigenvalue weighted by atomic mass is 9.78. The highest BCUT2D eigenvalue weighted by Gasteiger charge is 2.37. The maximum Gasteiger partial charge on any atom is 0.234 e. The largest absolute Gasteiger partial charge is 0.339 e. The van der Waals surface area contributed by atoms with Crippen LogP contribution in [0.3, 0.4) is 0 Å². The third kappa shape index (κ3) is 2.37. The quantitative estimate of drug-likeness (QED) is 0.874. The molecular formula is C13H23N3O. The maximum absolute atomic E-state index is 5.52. The van der Waals surface area contributed by atoms with Crippen LogP contribution in [-0.4, -0.2) is 23.2 Å². The zero-order chi connectivity index (χ0) is 12.3. The molecule has 4 nitrogen and oxygen atoms in total. The molecule has 1 aliphatic heterocycles. The van der Waals surface area contributed by atoms with Crippen molar-refractivity contribution in [2.24, 2.45) is 0 Å². The van der Waals surface area contributed by atoms with Gasteiger partial charge in [0.25, 0.3) is 0 Å². The van der Waals surface area contributed by atoms with Gasteiger partial charge < -0.3 is 9.84 Å². The molecule has 1 N–H and O–H groups in total. The SMILES string of the molecule is CCC(C)c1noc(C2(CC)CCCNC2)n1. The van der Waals surface area contributed by atoms with Gasteiger partial charge in [-0.3, -0.25) is 0 Å². The van der Waals surface area contributed by atoms with E-state index < -0.39 is 0 Å². The van der Waals surface area contributed by atoms with Crippen molar-refractivity contribution in [1.82, 2.24) is 15.5 Å². The van der Waals surface area contributed by atoms with Crippen molar-refractivity contribution in [2.75, 3.05) is 13.1 Å². The summed E-state index contributed by atoms with van der Waals surface area (Å²) in [4.78, 5) is 4.63. The van der Waals surface area contributed by atoms with E-state index in [2.05, 4.69) is 36.2 Å². The standard InChI is InChI=1S/C13H23N3O/c1-4-10(3)11-15-12(17-16-11)13(5-2)7-6-8-14-9-13/h10,14H,4-9H2,1-3H3. The minimum Gasteiger partial charge on any atom is -0.339 e. The predicted molar refractivity (Wildman–Crippen MR) is 67.1 cm³/mol. The van der Waals surface area contributed by atoms with E-state index in [1.165, 1.54) is 6.42 Å². The van der Waals surface area contributed by atoms with Gasteiger partial charge in [-0.2, -0.15) is 4.98 Å². The first-order chi connectivity index (χ1) is 8.22. The molecule has 96 valence electrons. The van der Waals surface area contributed by atoms with Crippen LogP contribution in [0.2, 0.25) is 0 Å².